The van der Waals surface area contributed by atoms with Crippen molar-refractivity contribution in [2.45, 2.75) is 64.1 Å². The van der Waals surface area contributed by atoms with Crippen LogP contribution in [0.2, 0.25) is 0 Å². The van der Waals surface area contributed by atoms with E-state index >= 15 is 0 Å². The summed E-state index contributed by atoms with van der Waals surface area (Å²) < 4.78 is 0. The van der Waals surface area contributed by atoms with Gasteiger partial charge in [-0.3, -0.25) is 9.59 Å². The predicted molar refractivity (Wildman–Crippen MR) is 97.0 cm³/mol. The summed E-state index contributed by atoms with van der Waals surface area (Å²) in [4.78, 5) is 22.5. The number of aliphatic hydroxyl groups is 2. The minimum absolute atomic E-state index is 0.0395. The molecule has 5 heteroatoms. The van der Waals surface area contributed by atoms with Crippen molar-refractivity contribution in [1.82, 2.24) is 0 Å². The highest BCUT2D eigenvalue weighted by Crippen LogP contribution is 2.33. The van der Waals surface area contributed by atoms with E-state index < -0.39 is 18.2 Å². The van der Waals surface area contributed by atoms with Gasteiger partial charge in [-0.1, -0.05) is 43.4 Å². The Hall–Kier alpha value is -1.72. The maximum absolute atomic E-state index is 12.1. The van der Waals surface area contributed by atoms with E-state index in [0.29, 0.717) is 25.7 Å². The largest absolute Gasteiger partial charge is 0.481 e. The van der Waals surface area contributed by atoms with E-state index in [1.165, 1.54) is 0 Å². The lowest BCUT2D eigenvalue weighted by atomic mass is 9.90. The molecule has 25 heavy (non-hydrogen) atoms. The van der Waals surface area contributed by atoms with Gasteiger partial charge in [0, 0.05) is 24.7 Å². The van der Waals surface area contributed by atoms with Crippen LogP contribution in [-0.2, 0) is 9.59 Å². The van der Waals surface area contributed by atoms with Crippen LogP contribution in [0, 0.1) is 11.8 Å². The van der Waals surface area contributed by atoms with E-state index in [0.717, 1.165) is 6.42 Å². The fourth-order valence-electron chi connectivity index (χ4n) is 3.00. The summed E-state index contributed by atoms with van der Waals surface area (Å²) in [5.74, 6) is -1.32. The Bertz CT molecular complexity index is 506. The van der Waals surface area contributed by atoms with Crippen molar-refractivity contribution in [2.24, 2.45) is 11.8 Å². The molecule has 1 fully saturated rings. The Morgan fingerprint density at radius 2 is 2.04 bits per heavy atom. The molecule has 140 valence electrons. The second-order valence-corrected chi connectivity index (χ2v) is 6.48. The molecule has 5 nitrogen and oxygen atoms in total. The van der Waals surface area contributed by atoms with Gasteiger partial charge in [-0.2, -0.15) is 0 Å². The zero-order valence-corrected chi connectivity index (χ0v) is 14.9. The van der Waals surface area contributed by atoms with Crippen molar-refractivity contribution >= 4 is 11.8 Å². The summed E-state index contributed by atoms with van der Waals surface area (Å²) in [6.45, 7) is 2.03. The predicted octanol–water partition coefficient (Wildman–Crippen LogP) is 3.03. The van der Waals surface area contributed by atoms with Crippen LogP contribution in [0.5, 0.6) is 0 Å². The Morgan fingerprint density at radius 3 is 2.72 bits per heavy atom. The number of unbranched alkanes of at least 4 members (excludes halogenated alkanes) is 1. The van der Waals surface area contributed by atoms with Gasteiger partial charge in [0.15, 0.2) is 0 Å². The number of carbonyl (C=O) groups is 2. The minimum atomic E-state index is -0.806. The standard InChI is InChI=1S/C20H30O5/c1-2-3-6-9-15(21)12-13-17-16(18(22)14-19(17)23)10-7-4-5-8-11-20(24)25/h3-4,6-7,12-13,15-17,19,21,23H,2,5,8-11,14H2,1H3,(H,24,25)/b6-3+,7-4+,13-12+/t15-,16-,17+,19+/m1/s1. The number of hydrogen-bond donors (Lipinski definition) is 3. The first-order chi connectivity index (χ1) is 12.0. The Balaban J connectivity index is 2.52. The van der Waals surface area contributed by atoms with Gasteiger partial charge in [0.2, 0.25) is 0 Å². The molecule has 0 saturated heterocycles. The third-order valence-electron chi connectivity index (χ3n) is 4.39. The van der Waals surface area contributed by atoms with Gasteiger partial charge in [-0.05, 0) is 32.1 Å². The number of carboxylic acids is 1. The van der Waals surface area contributed by atoms with Crippen LogP contribution >= 0.6 is 0 Å². The van der Waals surface area contributed by atoms with E-state index in [1.807, 2.05) is 31.2 Å². The molecular weight excluding hydrogens is 320 g/mol. The van der Waals surface area contributed by atoms with Crippen molar-refractivity contribution < 1.29 is 24.9 Å². The van der Waals surface area contributed by atoms with Crippen molar-refractivity contribution in [3.63, 3.8) is 0 Å². The van der Waals surface area contributed by atoms with Crippen molar-refractivity contribution in [3.8, 4) is 0 Å². The Kier molecular flexibility index (Phi) is 10.0. The molecule has 0 aromatic rings. The van der Waals surface area contributed by atoms with E-state index in [1.54, 1.807) is 12.2 Å². The number of aliphatic carboxylic acids is 1. The molecule has 0 bridgehead atoms. The molecule has 4 atom stereocenters. The van der Waals surface area contributed by atoms with Crippen LogP contribution in [0.4, 0.5) is 0 Å². The molecular formula is C20H30O5. The van der Waals surface area contributed by atoms with Gasteiger partial charge in [-0.25, -0.2) is 0 Å². The first-order valence-electron chi connectivity index (χ1n) is 9.04. The molecule has 1 aliphatic carbocycles. The summed E-state index contributed by atoms with van der Waals surface area (Å²) in [6, 6.07) is 0. The fourth-order valence-corrected chi connectivity index (χ4v) is 3.00. The van der Waals surface area contributed by atoms with Crippen LogP contribution in [0.3, 0.4) is 0 Å². The zero-order chi connectivity index (χ0) is 18.7. The lowest BCUT2D eigenvalue weighted by Gasteiger charge is -2.16. The topological polar surface area (TPSA) is 94.8 Å². The number of ketones is 1. The second-order valence-electron chi connectivity index (χ2n) is 6.48. The van der Waals surface area contributed by atoms with Crippen molar-refractivity contribution in [3.05, 3.63) is 36.5 Å². The van der Waals surface area contributed by atoms with Gasteiger partial charge in [0.1, 0.15) is 5.78 Å². The summed E-state index contributed by atoms with van der Waals surface area (Å²) in [5.41, 5.74) is 0. The van der Waals surface area contributed by atoms with E-state index in [-0.39, 0.29) is 30.5 Å². The van der Waals surface area contributed by atoms with E-state index in [2.05, 4.69) is 0 Å². The van der Waals surface area contributed by atoms with Crippen LogP contribution in [0.25, 0.3) is 0 Å². The van der Waals surface area contributed by atoms with Crippen LogP contribution < -0.4 is 0 Å². The molecule has 1 saturated carbocycles. The van der Waals surface area contributed by atoms with Gasteiger partial charge in [-0.15, -0.1) is 0 Å². The van der Waals surface area contributed by atoms with E-state index in [9.17, 15) is 19.8 Å². The van der Waals surface area contributed by atoms with Crippen molar-refractivity contribution in [1.29, 1.82) is 0 Å². The minimum Gasteiger partial charge on any atom is -0.481 e. The lowest BCUT2D eigenvalue weighted by molar-refractivity contribution is -0.137. The number of rotatable bonds is 11. The maximum Gasteiger partial charge on any atom is 0.303 e. The smallest absolute Gasteiger partial charge is 0.303 e. The average molecular weight is 350 g/mol. The molecule has 0 aromatic heterocycles. The number of carbonyl (C=O) groups excluding carboxylic acids is 1. The second kappa shape index (κ2) is 11.8. The number of carboxylic acid groups (broad SMARTS) is 1. The normalized spacial score (nSPS) is 25.6. The highest BCUT2D eigenvalue weighted by molar-refractivity contribution is 5.84. The van der Waals surface area contributed by atoms with Gasteiger partial charge < -0.3 is 15.3 Å². The van der Waals surface area contributed by atoms with Crippen LogP contribution in [0.1, 0.15) is 51.9 Å². The zero-order valence-electron chi connectivity index (χ0n) is 14.9. The quantitative estimate of drug-likeness (QED) is 0.393. The molecule has 1 aliphatic rings. The summed E-state index contributed by atoms with van der Waals surface area (Å²) in [5, 5.41) is 28.6. The molecule has 0 spiro atoms. The molecule has 0 radical (unpaired) electrons. The fraction of sp³-hybridized carbons (Fsp3) is 0.600. The molecule has 0 heterocycles. The lowest BCUT2D eigenvalue weighted by Crippen LogP contribution is -2.18. The molecule has 0 unspecified atom stereocenters. The monoisotopic (exact) mass is 350 g/mol. The highest BCUT2D eigenvalue weighted by atomic mass is 16.4. The number of Topliss-reactive ketones (excluding diaryl/α,β-unsaturated/α-hetero) is 1. The molecule has 1 rings (SSSR count). The number of hydrogen-bond acceptors (Lipinski definition) is 4. The number of aliphatic hydroxyl groups excluding tert-OH is 2. The van der Waals surface area contributed by atoms with Gasteiger partial charge in [0.25, 0.3) is 0 Å². The van der Waals surface area contributed by atoms with Crippen LogP contribution in [-0.4, -0.2) is 39.3 Å². The van der Waals surface area contributed by atoms with Gasteiger partial charge in [0.05, 0.1) is 12.2 Å². The average Bonchev–Trinajstić information content (AvgIpc) is 2.82. The molecule has 0 aliphatic heterocycles. The molecule has 3 N–H and O–H groups in total. The number of allylic oxidation sites excluding steroid dienone is 3. The summed E-state index contributed by atoms with van der Waals surface area (Å²) in [6.07, 6.45) is 13.3. The first-order valence-corrected chi connectivity index (χ1v) is 9.04. The molecule has 0 amide bonds. The van der Waals surface area contributed by atoms with Crippen LogP contribution in [0.15, 0.2) is 36.5 Å². The van der Waals surface area contributed by atoms with Gasteiger partial charge >= 0.3 is 5.97 Å². The summed E-state index contributed by atoms with van der Waals surface area (Å²) >= 11 is 0. The Morgan fingerprint density at radius 1 is 1.28 bits per heavy atom. The van der Waals surface area contributed by atoms with Crippen molar-refractivity contribution in [2.75, 3.05) is 0 Å². The SMILES string of the molecule is CC/C=C/C[C@@H](O)/C=C/[C@@H]1[C@@H](O)CC(=O)[C@@H]1C/C=C/CCCC(=O)O. The summed E-state index contributed by atoms with van der Waals surface area (Å²) in [7, 11) is 0. The van der Waals surface area contributed by atoms with E-state index in [4.69, 9.17) is 5.11 Å². The highest BCUT2D eigenvalue weighted by Gasteiger charge is 2.39. The third-order valence-corrected chi connectivity index (χ3v) is 4.39. The maximum atomic E-state index is 12.1. The first kappa shape index (κ1) is 21.3. The Labute approximate surface area is 149 Å². The molecule has 0 aromatic carbocycles. The third kappa shape index (κ3) is 8.27.